The number of hydroxylamine groups is 1. The fourth-order valence-electron chi connectivity index (χ4n) is 3.62. The molecule has 0 N–H and O–H groups in total. The number of nitro groups is 1. The van der Waals surface area contributed by atoms with E-state index in [1.807, 2.05) is 91.0 Å². The molecule has 3 atom stereocenters. The van der Waals surface area contributed by atoms with E-state index in [9.17, 15) is 10.1 Å². The number of anilines is 1. The Morgan fingerprint density at radius 1 is 0.815 bits per heavy atom. The monoisotopic (exact) mass is 360 g/mol. The van der Waals surface area contributed by atoms with Crippen molar-refractivity contribution in [1.82, 2.24) is 0 Å². The standard InChI is InChI=1S/C22H20N2O3/c25-24(26)20-16-21(17-10-4-1-5-11-17)27-23(19-14-8-3-9-15-19)22(20)18-12-6-2-7-13-18/h1-15,20-22H,16H2/t20-,21+,22+/m0/s1. The van der Waals surface area contributed by atoms with Crippen molar-refractivity contribution >= 4 is 5.69 Å². The van der Waals surface area contributed by atoms with E-state index < -0.39 is 12.1 Å². The van der Waals surface area contributed by atoms with Crippen molar-refractivity contribution in [3.05, 3.63) is 112 Å². The molecule has 3 aromatic rings. The quantitative estimate of drug-likeness (QED) is 0.488. The second kappa shape index (κ2) is 7.60. The second-order valence-electron chi connectivity index (χ2n) is 6.61. The predicted molar refractivity (Wildman–Crippen MR) is 104 cm³/mol. The van der Waals surface area contributed by atoms with Gasteiger partial charge in [-0.3, -0.25) is 15.0 Å². The van der Waals surface area contributed by atoms with Crippen molar-refractivity contribution in [3.63, 3.8) is 0 Å². The lowest BCUT2D eigenvalue weighted by Gasteiger charge is -2.41. The van der Waals surface area contributed by atoms with E-state index in [4.69, 9.17) is 4.84 Å². The van der Waals surface area contributed by atoms with Crippen molar-refractivity contribution < 1.29 is 9.76 Å². The van der Waals surface area contributed by atoms with Crippen LogP contribution in [0.4, 0.5) is 5.69 Å². The zero-order valence-electron chi connectivity index (χ0n) is 14.7. The molecule has 0 amide bonds. The molecule has 1 heterocycles. The molecule has 0 radical (unpaired) electrons. The first-order valence-electron chi connectivity index (χ1n) is 8.98. The van der Waals surface area contributed by atoms with Gasteiger partial charge in [0.05, 0.1) is 12.1 Å². The maximum atomic E-state index is 12.0. The van der Waals surface area contributed by atoms with Gasteiger partial charge in [0.2, 0.25) is 6.04 Å². The molecule has 1 saturated heterocycles. The highest BCUT2D eigenvalue weighted by atomic mass is 16.7. The van der Waals surface area contributed by atoms with Crippen molar-refractivity contribution in [2.75, 3.05) is 5.06 Å². The highest BCUT2D eigenvalue weighted by Crippen LogP contribution is 2.42. The summed E-state index contributed by atoms with van der Waals surface area (Å²) in [5.74, 6) is 0. The SMILES string of the molecule is O=[N+]([O-])[C@H]1C[C@H](c2ccccc2)ON(c2ccccc2)[C@@H]1c1ccccc1. The van der Waals surface area contributed by atoms with Crippen LogP contribution in [-0.2, 0) is 4.84 Å². The van der Waals surface area contributed by atoms with Gasteiger partial charge >= 0.3 is 0 Å². The number of benzene rings is 3. The van der Waals surface area contributed by atoms with Gasteiger partial charge in [0, 0.05) is 4.92 Å². The molecule has 4 rings (SSSR count). The van der Waals surface area contributed by atoms with Gasteiger partial charge in [0.1, 0.15) is 12.1 Å². The van der Waals surface area contributed by atoms with Crippen LogP contribution < -0.4 is 5.06 Å². The van der Waals surface area contributed by atoms with E-state index in [1.54, 1.807) is 5.06 Å². The minimum atomic E-state index is -0.786. The Kier molecular flexibility index (Phi) is 4.85. The van der Waals surface area contributed by atoms with E-state index >= 15 is 0 Å². The molecule has 136 valence electrons. The first kappa shape index (κ1) is 17.2. The lowest BCUT2D eigenvalue weighted by molar-refractivity contribution is -0.536. The summed E-state index contributed by atoms with van der Waals surface area (Å²) in [5, 5.41) is 13.7. The summed E-state index contributed by atoms with van der Waals surface area (Å²) in [5.41, 5.74) is 2.62. The zero-order chi connectivity index (χ0) is 18.6. The Balaban J connectivity index is 1.79. The topological polar surface area (TPSA) is 55.6 Å². The van der Waals surface area contributed by atoms with E-state index in [-0.39, 0.29) is 11.0 Å². The van der Waals surface area contributed by atoms with Crippen LogP contribution in [0.3, 0.4) is 0 Å². The van der Waals surface area contributed by atoms with Crippen LogP contribution in [0.5, 0.6) is 0 Å². The summed E-state index contributed by atoms with van der Waals surface area (Å²) in [4.78, 5) is 18.2. The normalized spacial score (nSPS) is 22.4. The maximum absolute atomic E-state index is 12.0. The van der Waals surface area contributed by atoms with Gasteiger partial charge in [-0.2, -0.15) is 0 Å². The Bertz CT molecular complexity index is 887. The molecule has 0 aromatic heterocycles. The lowest BCUT2D eigenvalue weighted by Crippen LogP contribution is -2.47. The van der Waals surface area contributed by atoms with Crippen LogP contribution >= 0.6 is 0 Å². The van der Waals surface area contributed by atoms with Gasteiger partial charge in [-0.25, -0.2) is 5.06 Å². The third-order valence-electron chi connectivity index (χ3n) is 4.91. The summed E-state index contributed by atoms with van der Waals surface area (Å²) in [6, 6.07) is 27.5. The third kappa shape index (κ3) is 3.55. The Labute approximate surface area is 157 Å². The molecule has 0 saturated carbocycles. The molecular formula is C22H20N2O3. The van der Waals surface area contributed by atoms with Crippen LogP contribution in [0.2, 0.25) is 0 Å². The molecule has 5 heteroatoms. The van der Waals surface area contributed by atoms with Gasteiger partial charge in [0.25, 0.3) is 0 Å². The largest absolute Gasteiger partial charge is 0.264 e. The summed E-state index contributed by atoms with van der Waals surface area (Å²) in [6.45, 7) is 0. The first-order chi connectivity index (χ1) is 13.2. The minimum Gasteiger partial charge on any atom is -0.264 e. The molecule has 5 nitrogen and oxygen atoms in total. The number of hydrogen-bond acceptors (Lipinski definition) is 4. The van der Waals surface area contributed by atoms with Crippen LogP contribution in [0.1, 0.15) is 29.7 Å². The number of nitrogens with zero attached hydrogens (tertiary/aromatic N) is 2. The number of para-hydroxylation sites is 1. The van der Waals surface area contributed by atoms with Crippen molar-refractivity contribution in [3.8, 4) is 0 Å². The lowest BCUT2D eigenvalue weighted by atomic mass is 9.90. The summed E-state index contributed by atoms with van der Waals surface area (Å²) < 4.78 is 0. The van der Waals surface area contributed by atoms with Crippen LogP contribution in [0.15, 0.2) is 91.0 Å². The van der Waals surface area contributed by atoms with E-state index in [0.717, 1.165) is 16.8 Å². The van der Waals surface area contributed by atoms with Gasteiger partial charge in [0.15, 0.2) is 0 Å². The molecule has 0 unspecified atom stereocenters. The van der Waals surface area contributed by atoms with Crippen molar-refractivity contribution in [2.45, 2.75) is 24.6 Å². The Morgan fingerprint density at radius 3 is 1.89 bits per heavy atom. The molecule has 1 aliphatic rings. The van der Waals surface area contributed by atoms with Crippen molar-refractivity contribution in [2.24, 2.45) is 0 Å². The van der Waals surface area contributed by atoms with Crippen LogP contribution in [-0.4, -0.2) is 11.0 Å². The smallest absolute Gasteiger partial charge is 0.242 e. The number of rotatable bonds is 4. The average molecular weight is 360 g/mol. The molecule has 0 bridgehead atoms. The first-order valence-corrected chi connectivity index (χ1v) is 8.98. The van der Waals surface area contributed by atoms with Gasteiger partial charge in [-0.1, -0.05) is 78.9 Å². The highest BCUT2D eigenvalue weighted by Gasteiger charge is 2.46. The molecule has 3 aromatic carbocycles. The minimum absolute atomic E-state index is 0.175. The van der Waals surface area contributed by atoms with E-state index in [2.05, 4.69) is 0 Å². The second-order valence-corrected chi connectivity index (χ2v) is 6.61. The maximum Gasteiger partial charge on any atom is 0.242 e. The summed E-state index contributed by atoms with van der Waals surface area (Å²) in [6.07, 6.45) is -0.0540. The van der Waals surface area contributed by atoms with Crippen LogP contribution in [0, 0.1) is 10.1 Å². The molecule has 27 heavy (non-hydrogen) atoms. The molecule has 0 aliphatic carbocycles. The number of hydrogen-bond donors (Lipinski definition) is 0. The fourth-order valence-corrected chi connectivity index (χ4v) is 3.62. The summed E-state index contributed by atoms with van der Waals surface area (Å²) in [7, 11) is 0. The fraction of sp³-hybridized carbons (Fsp3) is 0.182. The molecule has 0 spiro atoms. The van der Waals surface area contributed by atoms with Gasteiger partial charge in [-0.15, -0.1) is 0 Å². The average Bonchev–Trinajstić information content (AvgIpc) is 2.74. The summed E-state index contributed by atoms with van der Waals surface area (Å²) >= 11 is 0. The molecule has 1 fully saturated rings. The molecular weight excluding hydrogens is 340 g/mol. The Morgan fingerprint density at radius 2 is 1.33 bits per heavy atom. The zero-order valence-corrected chi connectivity index (χ0v) is 14.7. The molecule has 1 aliphatic heterocycles. The third-order valence-corrected chi connectivity index (χ3v) is 4.91. The highest BCUT2D eigenvalue weighted by molar-refractivity contribution is 5.47. The predicted octanol–water partition coefficient (Wildman–Crippen LogP) is 4.96. The van der Waals surface area contributed by atoms with E-state index in [1.165, 1.54) is 0 Å². The Hall–Kier alpha value is -3.18. The van der Waals surface area contributed by atoms with Gasteiger partial charge in [-0.05, 0) is 23.3 Å². The van der Waals surface area contributed by atoms with E-state index in [0.29, 0.717) is 6.42 Å². The van der Waals surface area contributed by atoms with Crippen molar-refractivity contribution in [1.29, 1.82) is 0 Å². The van der Waals surface area contributed by atoms with Gasteiger partial charge < -0.3 is 0 Å². The van der Waals surface area contributed by atoms with Crippen LogP contribution in [0.25, 0.3) is 0 Å².